The lowest BCUT2D eigenvalue weighted by molar-refractivity contribution is 0.599. The van der Waals surface area contributed by atoms with Gasteiger partial charge in [-0.25, -0.2) is 0 Å². The van der Waals surface area contributed by atoms with E-state index in [2.05, 4.69) is 63.5 Å². The van der Waals surface area contributed by atoms with Crippen molar-refractivity contribution in [3.8, 4) is 0 Å². The van der Waals surface area contributed by atoms with Crippen LogP contribution >= 0.6 is 11.3 Å². The van der Waals surface area contributed by atoms with Gasteiger partial charge in [0.15, 0.2) is 0 Å². The number of hydrogen-bond acceptors (Lipinski definition) is 2. The molecule has 1 nitrogen and oxygen atoms in total. The molecule has 0 saturated carbocycles. The van der Waals surface area contributed by atoms with Crippen molar-refractivity contribution in [3.63, 3.8) is 0 Å². The van der Waals surface area contributed by atoms with Gasteiger partial charge in [-0.05, 0) is 62.6 Å². The quantitative estimate of drug-likeness (QED) is 0.849. The fourth-order valence-corrected chi connectivity index (χ4v) is 3.55. The van der Waals surface area contributed by atoms with Crippen molar-refractivity contribution in [1.29, 1.82) is 0 Å². The van der Waals surface area contributed by atoms with Crippen LogP contribution in [0.25, 0.3) is 0 Å². The smallest absolute Gasteiger partial charge is 0.0453 e. The first-order valence-corrected chi connectivity index (χ1v) is 7.78. The van der Waals surface area contributed by atoms with Crippen molar-refractivity contribution in [2.45, 2.75) is 39.7 Å². The highest BCUT2D eigenvalue weighted by Crippen LogP contribution is 2.28. The molecule has 1 atom stereocenters. The molecule has 0 bridgehead atoms. The second-order valence-corrected chi connectivity index (χ2v) is 6.27. The second-order valence-electron chi connectivity index (χ2n) is 5.07. The molecule has 1 heterocycles. The molecule has 0 amide bonds. The van der Waals surface area contributed by atoms with Crippen molar-refractivity contribution in [3.05, 3.63) is 56.8 Å². The Balaban J connectivity index is 2.24. The molecule has 2 heteroatoms. The summed E-state index contributed by atoms with van der Waals surface area (Å²) in [5.74, 6) is 0. The van der Waals surface area contributed by atoms with Gasteiger partial charge in [-0.1, -0.05) is 25.1 Å². The summed E-state index contributed by atoms with van der Waals surface area (Å²) in [5, 5.41) is 3.47. The Morgan fingerprint density at radius 2 is 1.79 bits per heavy atom. The minimum Gasteiger partial charge on any atom is -0.312 e. The first kappa shape index (κ1) is 14.3. The van der Waals surface area contributed by atoms with E-state index in [4.69, 9.17) is 0 Å². The molecule has 102 valence electrons. The van der Waals surface area contributed by atoms with E-state index < -0.39 is 0 Å². The maximum Gasteiger partial charge on any atom is 0.0453 e. The Labute approximate surface area is 120 Å². The first-order chi connectivity index (χ1) is 9.15. The maximum atomic E-state index is 3.47. The van der Waals surface area contributed by atoms with Crippen LogP contribution in [-0.4, -0.2) is 7.05 Å². The topological polar surface area (TPSA) is 12.0 Å². The van der Waals surface area contributed by atoms with Gasteiger partial charge < -0.3 is 5.32 Å². The minimum atomic E-state index is 0.421. The lowest BCUT2D eigenvalue weighted by Gasteiger charge is -2.18. The summed E-state index contributed by atoms with van der Waals surface area (Å²) < 4.78 is 0. The number of benzene rings is 1. The number of aryl methyl sites for hydroxylation is 3. The van der Waals surface area contributed by atoms with E-state index in [0.717, 1.165) is 12.8 Å². The van der Waals surface area contributed by atoms with Crippen LogP contribution in [0.5, 0.6) is 0 Å². The van der Waals surface area contributed by atoms with Gasteiger partial charge in [-0.3, -0.25) is 0 Å². The third kappa shape index (κ3) is 3.26. The highest BCUT2D eigenvalue weighted by Gasteiger charge is 2.14. The Kier molecular flexibility index (Phi) is 4.78. The Morgan fingerprint density at radius 3 is 2.32 bits per heavy atom. The van der Waals surface area contributed by atoms with E-state index in [9.17, 15) is 0 Å². The third-order valence-electron chi connectivity index (χ3n) is 3.78. The minimum absolute atomic E-state index is 0.421. The molecule has 0 aliphatic rings. The molecule has 0 radical (unpaired) electrons. The Bertz CT molecular complexity index is 522. The molecule has 0 saturated heterocycles. The number of rotatable bonds is 5. The molecule has 2 aromatic rings. The average molecular weight is 273 g/mol. The third-order valence-corrected chi connectivity index (χ3v) is 5.12. The van der Waals surface area contributed by atoms with E-state index >= 15 is 0 Å². The lowest BCUT2D eigenvalue weighted by atomic mass is 9.96. The van der Waals surface area contributed by atoms with Gasteiger partial charge in [0.25, 0.3) is 0 Å². The highest BCUT2D eigenvalue weighted by molar-refractivity contribution is 7.12. The van der Waals surface area contributed by atoms with E-state index in [1.165, 1.54) is 26.4 Å². The van der Waals surface area contributed by atoms with Gasteiger partial charge in [-0.2, -0.15) is 0 Å². The van der Waals surface area contributed by atoms with E-state index in [1.54, 1.807) is 0 Å². The van der Waals surface area contributed by atoms with Crippen LogP contribution in [0.15, 0.2) is 30.3 Å². The Hall–Kier alpha value is -1.12. The highest BCUT2D eigenvalue weighted by atomic mass is 32.1. The molecule has 1 unspecified atom stereocenters. The van der Waals surface area contributed by atoms with Crippen LogP contribution in [0.1, 0.15) is 39.4 Å². The van der Waals surface area contributed by atoms with Gasteiger partial charge in [0, 0.05) is 15.8 Å². The van der Waals surface area contributed by atoms with Crippen molar-refractivity contribution in [2.75, 3.05) is 7.05 Å². The predicted octanol–water partition coefficient (Wildman–Crippen LogP) is 4.43. The van der Waals surface area contributed by atoms with Gasteiger partial charge in [0.2, 0.25) is 0 Å². The standard InChI is InChI=1S/C17H23NS/c1-5-14-9-10-17(19-14)16(18-4)11-15-12(2)7-6-8-13(15)3/h6-10,16,18H,5,11H2,1-4H3. The molecule has 2 rings (SSSR count). The van der Waals surface area contributed by atoms with Crippen LogP contribution in [0.2, 0.25) is 0 Å². The molecule has 0 spiro atoms. The summed E-state index contributed by atoms with van der Waals surface area (Å²) >= 11 is 1.93. The van der Waals surface area contributed by atoms with Crippen molar-refractivity contribution >= 4 is 11.3 Å². The summed E-state index contributed by atoms with van der Waals surface area (Å²) in [6, 6.07) is 11.5. The van der Waals surface area contributed by atoms with E-state index in [1.807, 2.05) is 11.3 Å². The number of nitrogens with one attached hydrogen (secondary N) is 1. The van der Waals surface area contributed by atoms with Gasteiger partial charge in [-0.15, -0.1) is 11.3 Å². The molecule has 0 fully saturated rings. The van der Waals surface area contributed by atoms with Crippen LogP contribution in [-0.2, 0) is 12.8 Å². The normalized spacial score (nSPS) is 12.6. The van der Waals surface area contributed by atoms with Crippen LogP contribution in [0.3, 0.4) is 0 Å². The Morgan fingerprint density at radius 1 is 1.11 bits per heavy atom. The van der Waals surface area contributed by atoms with Crippen molar-refractivity contribution < 1.29 is 0 Å². The van der Waals surface area contributed by atoms with Crippen molar-refractivity contribution in [1.82, 2.24) is 5.32 Å². The summed E-state index contributed by atoms with van der Waals surface area (Å²) in [4.78, 5) is 2.92. The lowest BCUT2D eigenvalue weighted by Crippen LogP contribution is -2.18. The number of likely N-dealkylation sites (N-methyl/N-ethyl adjacent to an activating group) is 1. The summed E-state index contributed by atoms with van der Waals surface area (Å²) in [7, 11) is 2.06. The molecule has 0 aliphatic carbocycles. The molecule has 1 aromatic heterocycles. The number of hydrogen-bond donors (Lipinski definition) is 1. The van der Waals surface area contributed by atoms with E-state index in [0.29, 0.717) is 6.04 Å². The average Bonchev–Trinajstić information content (AvgIpc) is 2.87. The monoisotopic (exact) mass is 273 g/mol. The molecule has 19 heavy (non-hydrogen) atoms. The van der Waals surface area contributed by atoms with Crippen LogP contribution < -0.4 is 5.32 Å². The zero-order chi connectivity index (χ0) is 13.8. The fraction of sp³-hybridized carbons (Fsp3) is 0.412. The number of thiophene rings is 1. The fourth-order valence-electron chi connectivity index (χ4n) is 2.49. The zero-order valence-electron chi connectivity index (χ0n) is 12.3. The first-order valence-electron chi connectivity index (χ1n) is 6.96. The summed E-state index contributed by atoms with van der Waals surface area (Å²) in [6.07, 6.45) is 2.20. The van der Waals surface area contributed by atoms with Gasteiger partial charge in [0.1, 0.15) is 0 Å². The second kappa shape index (κ2) is 6.36. The van der Waals surface area contributed by atoms with Crippen LogP contribution in [0.4, 0.5) is 0 Å². The maximum absolute atomic E-state index is 3.47. The molecular weight excluding hydrogens is 250 g/mol. The predicted molar refractivity (Wildman–Crippen MR) is 85.1 cm³/mol. The van der Waals surface area contributed by atoms with E-state index in [-0.39, 0.29) is 0 Å². The van der Waals surface area contributed by atoms with Crippen molar-refractivity contribution in [2.24, 2.45) is 0 Å². The summed E-state index contributed by atoms with van der Waals surface area (Å²) in [6.45, 7) is 6.64. The van der Waals surface area contributed by atoms with Gasteiger partial charge in [0.05, 0.1) is 0 Å². The molecule has 0 aliphatic heterocycles. The zero-order valence-corrected chi connectivity index (χ0v) is 13.1. The molecule has 1 N–H and O–H groups in total. The van der Waals surface area contributed by atoms with Gasteiger partial charge >= 0.3 is 0 Å². The molecule has 1 aromatic carbocycles. The summed E-state index contributed by atoms with van der Waals surface area (Å²) in [5.41, 5.74) is 4.27. The molecular formula is C17H23NS. The van der Waals surface area contributed by atoms with Crippen LogP contribution in [0, 0.1) is 13.8 Å². The SMILES string of the molecule is CCc1ccc(C(Cc2c(C)cccc2C)NC)s1. The largest absolute Gasteiger partial charge is 0.312 e.